The molecule has 5 nitrogen and oxygen atoms in total. The molecule has 0 bridgehead atoms. The minimum absolute atomic E-state index is 0.00655. The van der Waals surface area contributed by atoms with Crippen LogP contribution in [0, 0.1) is 11.3 Å². The zero-order valence-corrected chi connectivity index (χ0v) is 13.3. The number of hydrogen-bond donors (Lipinski definition) is 1. The van der Waals surface area contributed by atoms with E-state index < -0.39 is 0 Å². The van der Waals surface area contributed by atoms with E-state index >= 15 is 0 Å². The van der Waals surface area contributed by atoms with Crippen LogP contribution in [0.25, 0.3) is 0 Å². The Balaban J connectivity index is 1.75. The van der Waals surface area contributed by atoms with Crippen LogP contribution in [-0.2, 0) is 0 Å². The third-order valence-corrected chi connectivity index (χ3v) is 4.48. The minimum Gasteiger partial charge on any atom is -0.493 e. The first-order chi connectivity index (χ1) is 11.3. The predicted octanol–water partition coefficient (Wildman–Crippen LogP) is 3.29. The molecule has 3 rings (SSSR count). The third-order valence-electron chi connectivity index (χ3n) is 3.32. The van der Waals surface area contributed by atoms with E-state index in [0.717, 1.165) is 16.2 Å². The van der Waals surface area contributed by atoms with E-state index in [1.165, 1.54) is 0 Å². The highest BCUT2D eigenvalue weighted by Gasteiger charge is 2.23. The number of nitriles is 1. The van der Waals surface area contributed by atoms with Crippen LogP contribution in [0.5, 0.6) is 11.5 Å². The molecule has 0 saturated heterocycles. The van der Waals surface area contributed by atoms with Gasteiger partial charge in [-0.15, -0.1) is 0 Å². The molecule has 1 aliphatic heterocycles. The first kappa shape index (κ1) is 15.3. The van der Waals surface area contributed by atoms with Gasteiger partial charge in [0.05, 0.1) is 7.11 Å². The van der Waals surface area contributed by atoms with Crippen LogP contribution in [0.4, 0.5) is 0 Å². The topological polar surface area (TPSA) is 66.6 Å². The van der Waals surface area contributed by atoms with Gasteiger partial charge in [-0.1, -0.05) is 48.2 Å². The molecule has 116 valence electrons. The van der Waals surface area contributed by atoms with Crippen molar-refractivity contribution in [2.45, 2.75) is 5.37 Å². The van der Waals surface area contributed by atoms with E-state index in [-0.39, 0.29) is 12.0 Å². The third kappa shape index (κ3) is 3.41. The van der Waals surface area contributed by atoms with Crippen LogP contribution in [-0.4, -0.2) is 18.8 Å². The highest BCUT2D eigenvalue weighted by atomic mass is 32.2. The summed E-state index contributed by atoms with van der Waals surface area (Å²) in [5, 5.41) is 14.0. The van der Waals surface area contributed by atoms with Gasteiger partial charge in [0.2, 0.25) is 0 Å². The van der Waals surface area contributed by atoms with Crippen LogP contribution < -0.4 is 14.9 Å². The van der Waals surface area contributed by atoms with Gasteiger partial charge in [0.1, 0.15) is 16.5 Å². The van der Waals surface area contributed by atoms with E-state index in [9.17, 15) is 0 Å². The summed E-state index contributed by atoms with van der Waals surface area (Å²) < 4.78 is 10.7. The van der Waals surface area contributed by atoms with Crippen molar-refractivity contribution in [1.29, 1.82) is 5.26 Å². The number of hydrazone groups is 1. The van der Waals surface area contributed by atoms with Crippen molar-refractivity contribution in [3.63, 3.8) is 0 Å². The number of nitrogens with one attached hydrogen (secondary N) is 1. The molecule has 0 spiro atoms. The molecule has 1 aliphatic rings. The van der Waals surface area contributed by atoms with Gasteiger partial charge in [0.25, 0.3) is 0 Å². The Bertz CT molecular complexity index is 756. The smallest absolute Gasteiger partial charge is 0.174 e. The number of rotatable bonds is 5. The molecule has 0 radical (unpaired) electrons. The highest BCUT2D eigenvalue weighted by molar-refractivity contribution is 8.14. The Kier molecular flexibility index (Phi) is 4.69. The zero-order chi connectivity index (χ0) is 16.1. The summed E-state index contributed by atoms with van der Waals surface area (Å²) in [6, 6.07) is 17.7. The van der Waals surface area contributed by atoms with E-state index in [0.29, 0.717) is 11.5 Å². The Morgan fingerprint density at radius 3 is 2.78 bits per heavy atom. The maximum Gasteiger partial charge on any atom is 0.174 e. The molecular formula is C17H15N3O2S. The molecule has 0 fully saturated rings. The Morgan fingerprint density at radius 2 is 2.04 bits per heavy atom. The molecule has 1 N–H and O–H groups in total. The zero-order valence-electron chi connectivity index (χ0n) is 12.5. The van der Waals surface area contributed by atoms with Gasteiger partial charge in [0.15, 0.2) is 18.1 Å². The Labute approximate surface area is 138 Å². The lowest BCUT2D eigenvalue weighted by molar-refractivity contribution is 0.329. The second kappa shape index (κ2) is 7.07. The van der Waals surface area contributed by atoms with Gasteiger partial charge in [0, 0.05) is 5.56 Å². The van der Waals surface area contributed by atoms with Crippen LogP contribution >= 0.6 is 11.8 Å². The molecule has 0 aliphatic carbocycles. The molecule has 1 heterocycles. The van der Waals surface area contributed by atoms with Crippen molar-refractivity contribution >= 4 is 16.8 Å². The lowest BCUT2D eigenvalue weighted by Crippen LogP contribution is -2.07. The fourth-order valence-corrected chi connectivity index (χ4v) is 3.20. The second-order valence-electron chi connectivity index (χ2n) is 4.77. The SMILES string of the molecule is COc1cc(C2NN=C(c3ccccc3)S2)ccc1OCC#N. The van der Waals surface area contributed by atoms with Crippen LogP contribution in [0.1, 0.15) is 16.5 Å². The van der Waals surface area contributed by atoms with E-state index in [1.54, 1.807) is 18.9 Å². The Hall–Kier alpha value is -2.65. The van der Waals surface area contributed by atoms with Crippen LogP contribution in [0.15, 0.2) is 53.6 Å². The number of nitrogens with zero attached hydrogens (tertiary/aromatic N) is 2. The second-order valence-corrected chi connectivity index (χ2v) is 5.86. The van der Waals surface area contributed by atoms with E-state index in [2.05, 4.69) is 10.5 Å². The van der Waals surface area contributed by atoms with Gasteiger partial charge < -0.3 is 9.47 Å². The molecule has 0 aromatic heterocycles. The highest BCUT2D eigenvalue weighted by Crippen LogP contribution is 2.38. The number of methoxy groups -OCH3 is 1. The summed E-state index contributed by atoms with van der Waals surface area (Å²) in [6.07, 6.45) is 0. The number of ether oxygens (including phenoxy) is 2. The van der Waals surface area contributed by atoms with Gasteiger partial charge in [-0.2, -0.15) is 10.4 Å². The molecule has 2 aromatic carbocycles. The molecule has 6 heteroatoms. The maximum atomic E-state index is 8.61. The van der Waals surface area contributed by atoms with Gasteiger partial charge in [-0.3, -0.25) is 5.43 Å². The van der Waals surface area contributed by atoms with Crippen LogP contribution in [0.3, 0.4) is 0 Å². The lowest BCUT2D eigenvalue weighted by Gasteiger charge is -2.14. The summed E-state index contributed by atoms with van der Waals surface area (Å²) in [5.41, 5.74) is 5.26. The van der Waals surface area contributed by atoms with Crippen molar-refractivity contribution in [3.8, 4) is 17.6 Å². The van der Waals surface area contributed by atoms with Crippen molar-refractivity contribution < 1.29 is 9.47 Å². The number of benzene rings is 2. The fourth-order valence-electron chi connectivity index (χ4n) is 2.21. The summed E-state index contributed by atoms with van der Waals surface area (Å²) >= 11 is 1.65. The van der Waals surface area contributed by atoms with E-state index in [1.807, 2.05) is 54.6 Å². The summed E-state index contributed by atoms with van der Waals surface area (Å²) in [7, 11) is 1.58. The molecule has 0 saturated carbocycles. The van der Waals surface area contributed by atoms with Gasteiger partial charge >= 0.3 is 0 Å². The first-order valence-corrected chi connectivity index (χ1v) is 7.93. The first-order valence-electron chi connectivity index (χ1n) is 7.05. The average Bonchev–Trinajstić information content (AvgIpc) is 3.10. The standard InChI is InChI=1S/C17H15N3O2S/c1-21-15-11-13(7-8-14(15)22-10-9-18)17-20-19-16(23-17)12-5-3-2-4-6-12/h2-8,11,17,20H,10H2,1H3. The van der Waals surface area contributed by atoms with Crippen molar-refractivity contribution in [3.05, 3.63) is 59.7 Å². The van der Waals surface area contributed by atoms with E-state index in [4.69, 9.17) is 14.7 Å². The minimum atomic E-state index is -0.00655. The maximum absolute atomic E-state index is 8.61. The number of thioether (sulfide) groups is 1. The van der Waals surface area contributed by atoms with Gasteiger partial charge in [-0.25, -0.2) is 0 Å². The molecular weight excluding hydrogens is 310 g/mol. The quantitative estimate of drug-likeness (QED) is 0.913. The number of hydrogen-bond acceptors (Lipinski definition) is 6. The normalized spacial score (nSPS) is 16.2. The predicted molar refractivity (Wildman–Crippen MR) is 90.5 cm³/mol. The van der Waals surface area contributed by atoms with Crippen molar-refractivity contribution in [2.75, 3.05) is 13.7 Å². The largest absolute Gasteiger partial charge is 0.493 e. The molecule has 1 unspecified atom stereocenters. The average molecular weight is 325 g/mol. The molecule has 2 aromatic rings. The molecule has 23 heavy (non-hydrogen) atoms. The lowest BCUT2D eigenvalue weighted by atomic mass is 10.2. The summed E-state index contributed by atoms with van der Waals surface area (Å²) in [6.45, 7) is -0.00655. The summed E-state index contributed by atoms with van der Waals surface area (Å²) in [4.78, 5) is 0. The van der Waals surface area contributed by atoms with Crippen molar-refractivity contribution in [2.24, 2.45) is 5.10 Å². The summed E-state index contributed by atoms with van der Waals surface area (Å²) in [5.74, 6) is 1.17. The molecule has 1 atom stereocenters. The van der Waals surface area contributed by atoms with Gasteiger partial charge in [-0.05, 0) is 17.7 Å². The van der Waals surface area contributed by atoms with Crippen LogP contribution in [0.2, 0.25) is 0 Å². The Morgan fingerprint density at radius 1 is 1.22 bits per heavy atom. The fraction of sp³-hybridized carbons (Fsp3) is 0.176. The molecule has 0 amide bonds. The van der Waals surface area contributed by atoms with Crippen molar-refractivity contribution in [1.82, 2.24) is 5.43 Å². The monoisotopic (exact) mass is 325 g/mol.